The average molecular weight is 435 g/mol. The predicted octanol–water partition coefficient (Wildman–Crippen LogP) is 3.94. The zero-order valence-corrected chi connectivity index (χ0v) is 18.3. The first kappa shape index (κ1) is 22.8. The van der Waals surface area contributed by atoms with E-state index in [1.165, 1.54) is 6.08 Å². The molecule has 0 aliphatic carbocycles. The number of carbonyl (C=O) groups is 2. The van der Waals surface area contributed by atoms with Crippen molar-refractivity contribution in [3.8, 4) is 0 Å². The minimum absolute atomic E-state index is 0.0678. The van der Waals surface area contributed by atoms with Gasteiger partial charge in [0.15, 0.2) is 0 Å². The van der Waals surface area contributed by atoms with E-state index in [4.69, 9.17) is 13.9 Å². The van der Waals surface area contributed by atoms with E-state index in [-0.39, 0.29) is 24.4 Å². The number of hydrogen-bond donors (Lipinski definition) is 0. The maximum Gasteiger partial charge on any atom is 0.345 e. The first-order valence-electron chi connectivity index (χ1n) is 10.3. The molecule has 32 heavy (non-hydrogen) atoms. The van der Waals surface area contributed by atoms with Gasteiger partial charge in [-0.15, -0.1) is 0 Å². The second kappa shape index (κ2) is 10.4. The van der Waals surface area contributed by atoms with Gasteiger partial charge in [0.25, 0.3) is 0 Å². The van der Waals surface area contributed by atoms with Crippen LogP contribution in [0.3, 0.4) is 0 Å². The van der Waals surface area contributed by atoms with E-state index in [1.807, 2.05) is 54.4 Å². The van der Waals surface area contributed by atoms with Crippen molar-refractivity contribution in [2.75, 3.05) is 25.2 Å². The van der Waals surface area contributed by atoms with Crippen LogP contribution >= 0.6 is 0 Å². The number of ether oxygens (including phenoxy) is 2. The molecule has 0 aliphatic heterocycles. The molecule has 7 heteroatoms. The number of esters is 2. The van der Waals surface area contributed by atoms with Crippen molar-refractivity contribution >= 4 is 34.7 Å². The summed E-state index contributed by atoms with van der Waals surface area (Å²) in [4.78, 5) is 39.8. The van der Waals surface area contributed by atoms with E-state index < -0.39 is 17.6 Å². The molecular formula is C25H25NO6. The fourth-order valence-corrected chi connectivity index (χ4v) is 3.39. The van der Waals surface area contributed by atoms with Crippen LogP contribution in [0.15, 0.2) is 69.4 Å². The first-order valence-corrected chi connectivity index (χ1v) is 10.3. The minimum Gasteiger partial charge on any atom is -0.462 e. The largest absolute Gasteiger partial charge is 0.462 e. The minimum atomic E-state index is -0.866. The number of carbonyl (C=O) groups excluding carboxylic acids is 2. The maximum absolute atomic E-state index is 13.0. The number of para-hydroxylation sites is 1. The van der Waals surface area contributed by atoms with Crippen LogP contribution in [0.2, 0.25) is 0 Å². The third-order valence-electron chi connectivity index (χ3n) is 4.74. The molecule has 0 amide bonds. The van der Waals surface area contributed by atoms with Gasteiger partial charge in [0.2, 0.25) is 0 Å². The van der Waals surface area contributed by atoms with Crippen molar-refractivity contribution in [3.05, 3.63) is 81.7 Å². The fraction of sp³-hybridized carbons (Fsp3) is 0.240. The van der Waals surface area contributed by atoms with Gasteiger partial charge in [-0.2, -0.15) is 0 Å². The van der Waals surface area contributed by atoms with E-state index in [0.29, 0.717) is 23.2 Å². The van der Waals surface area contributed by atoms with Crippen LogP contribution < -0.4 is 10.5 Å². The number of hydrogen-bond acceptors (Lipinski definition) is 7. The summed E-state index contributed by atoms with van der Waals surface area (Å²) in [6.45, 7) is 3.89. The van der Waals surface area contributed by atoms with Crippen molar-refractivity contribution in [2.45, 2.75) is 20.4 Å². The molecule has 0 unspecified atom stereocenters. The zero-order valence-electron chi connectivity index (χ0n) is 18.3. The Morgan fingerprint density at radius 1 is 0.938 bits per heavy atom. The number of rotatable bonds is 8. The van der Waals surface area contributed by atoms with Gasteiger partial charge in [-0.05, 0) is 37.6 Å². The molecule has 2 aromatic carbocycles. The zero-order chi connectivity index (χ0) is 23.1. The number of benzene rings is 2. The third-order valence-corrected chi connectivity index (χ3v) is 4.74. The van der Waals surface area contributed by atoms with Crippen molar-refractivity contribution in [2.24, 2.45) is 0 Å². The van der Waals surface area contributed by atoms with Crippen molar-refractivity contribution in [1.82, 2.24) is 0 Å². The molecule has 1 aromatic heterocycles. The summed E-state index contributed by atoms with van der Waals surface area (Å²) in [5.74, 6) is -1.73. The van der Waals surface area contributed by atoms with E-state index in [2.05, 4.69) is 0 Å². The lowest BCUT2D eigenvalue weighted by molar-refractivity contribution is -0.146. The van der Waals surface area contributed by atoms with Gasteiger partial charge >= 0.3 is 17.6 Å². The lowest BCUT2D eigenvalue weighted by Gasteiger charge is -2.23. The van der Waals surface area contributed by atoms with Gasteiger partial charge in [0.05, 0.1) is 24.5 Å². The molecule has 1 heterocycles. The van der Waals surface area contributed by atoms with Crippen LogP contribution in [0.4, 0.5) is 5.69 Å². The Balaban J connectivity index is 2.22. The van der Waals surface area contributed by atoms with Crippen LogP contribution in [0.5, 0.6) is 0 Å². The van der Waals surface area contributed by atoms with Crippen LogP contribution in [0, 0.1) is 0 Å². The van der Waals surface area contributed by atoms with Gasteiger partial charge in [0, 0.05) is 19.0 Å². The topological polar surface area (TPSA) is 86.0 Å². The second-order valence-electron chi connectivity index (χ2n) is 6.99. The Hall–Kier alpha value is -3.87. The average Bonchev–Trinajstić information content (AvgIpc) is 2.78. The molecule has 0 radical (unpaired) electrons. The summed E-state index contributed by atoms with van der Waals surface area (Å²) in [6, 6.07) is 16.8. The Morgan fingerprint density at radius 3 is 2.16 bits per heavy atom. The van der Waals surface area contributed by atoms with Gasteiger partial charge in [-0.1, -0.05) is 42.5 Å². The quantitative estimate of drug-likeness (QED) is 0.174. The Morgan fingerprint density at radius 2 is 1.53 bits per heavy atom. The highest BCUT2D eigenvalue weighted by molar-refractivity contribution is 6.18. The molecule has 0 bridgehead atoms. The summed E-state index contributed by atoms with van der Waals surface area (Å²) in [6.07, 6.45) is 1.20. The van der Waals surface area contributed by atoms with E-state index in [0.717, 1.165) is 5.56 Å². The summed E-state index contributed by atoms with van der Waals surface area (Å²) in [7, 11) is 1.83. The highest BCUT2D eigenvalue weighted by Crippen LogP contribution is 2.30. The number of fused-ring (bicyclic) bond motifs is 1. The van der Waals surface area contributed by atoms with E-state index >= 15 is 0 Å². The van der Waals surface area contributed by atoms with Crippen molar-refractivity contribution < 1.29 is 23.5 Å². The Bertz CT molecular complexity index is 1180. The van der Waals surface area contributed by atoms with Crippen LogP contribution in [-0.4, -0.2) is 32.2 Å². The summed E-state index contributed by atoms with van der Waals surface area (Å²) in [5, 5.41) is 0.670. The monoisotopic (exact) mass is 435 g/mol. The van der Waals surface area contributed by atoms with Crippen molar-refractivity contribution in [1.29, 1.82) is 0 Å². The molecule has 3 rings (SSSR count). The van der Waals surface area contributed by atoms with E-state index in [1.54, 1.807) is 26.0 Å². The summed E-state index contributed by atoms with van der Waals surface area (Å²) >= 11 is 0. The normalized spacial score (nSPS) is 10.5. The smallest absolute Gasteiger partial charge is 0.345 e. The predicted molar refractivity (Wildman–Crippen MR) is 122 cm³/mol. The summed E-state index contributed by atoms with van der Waals surface area (Å²) in [5.41, 5.74) is 0.983. The van der Waals surface area contributed by atoms with Gasteiger partial charge in [-0.25, -0.2) is 14.4 Å². The Kier molecular flexibility index (Phi) is 7.44. The molecule has 0 spiro atoms. The number of nitrogens with zero attached hydrogens (tertiary/aromatic N) is 1. The van der Waals surface area contributed by atoms with Crippen LogP contribution in [0.1, 0.15) is 25.0 Å². The van der Waals surface area contributed by atoms with Gasteiger partial charge in [0.1, 0.15) is 11.2 Å². The van der Waals surface area contributed by atoms with Gasteiger partial charge < -0.3 is 18.8 Å². The molecular weight excluding hydrogens is 410 g/mol. The highest BCUT2D eigenvalue weighted by atomic mass is 16.6. The molecule has 0 aliphatic rings. The van der Waals surface area contributed by atoms with Crippen LogP contribution in [0.25, 0.3) is 17.0 Å². The van der Waals surface area contributed by atoms with Crippen molar-refractivity contribution in [3.63, 3.8) is 0 Å². The molecule has 7 nitrogen and oxygen atoms in total. The first-order chi connectivity index (χ1) is 15.5. The molecule has 0 N–H and O–H groups in total. The van der Waals surface area contributed by atoms with E-state index in [9.17, 15) is 14.4 Å². The molecule has 3 aromatic rings. The van der Waals surface area contributed by atoms with Gasteiger partial charge in [-0.3, -0.25) is 0 Å². The van der Waals surface area contributed by atoms with Crippen LogP contribution in [-0.2, 0) is 25.6 Å². The molecule has 0 atom stereocenters. The maximum atomic E-state index is 13.0. The second-order valence-corrected chi connectivity index (χ2v) is 6.99. The standard InChI is InChI=1S/C25H25NO6/c1-4-30-23(27)20(24(28)31-5-2)15-19-22(26(3)16-17-11-7-6-8-12-17)18-13-9-10-14-21(18)32-25(19)29/h6-15H,4-5,16H2,1-3H3. The highest BCUT2D eigenvalue weighted by Gasteiger charge is 2.25. The SMILES string of the molecule is CCOC(=O)C(=Cc1c(N(C)Cc2ccccc2)c2ccccc2oc1=O)C(=O)OCC. The third kappa shape index (κ3) is 5.06. The number of anilines is 1. The Labute approximate surface area is 185 Å². The lowest BCUT2D eigenvalue weighted by atomic mass is 10.1. The molecule has 0 saturated carbocycles. The lowest BCUT2D eigenvalue weighted by Crippen LogP contribution is -2.23. The summed E-state index contributed by atoms with van der Waals surface area (Å²) < 4.78 is 15.5. The fourth-order valence-electron chi connectivity index (χ4n) is 3.39. The molecule has 166 valence electrons. The molecule has 0 fully saturated rings. The molecule has 0 saturated heterocycles.